The number of carbonyl (C=O) groups is 1. The predicted molar refractivity (Wildman–Crippen MR) is 72.7 cm³/mol. The standard InChI is InChI=1S/C11H11F2NO6S2/c1-3-8-4-6-9(7-5-8)21(16,17)14-22(18,19)11(12,13)10(15)20-2/h3-7,14H,1H2,2H3. The number of sulfonamides is 2. The third-order valence-corrected chi connectivity index (χ3v) is 5.90. The van der Waals surface area contributed by atoms with Crippen LogP contribution in [-0.4, -0.2) is 35.2 Å². The Labute approximate surface area is 125 Å². The molecule has 0 saturated carbocycles. The zero-order valence-electron chi connectivity index (χ0n) is 11.1. The summed E-state index contributed by atoms with van der Waals surface area (Å²) in [7, 11) is -10.2. The average molecular weight is 355 g/mol. The molecular weight excluding hydrogens is 344 g/mol. The van der Waals surface area contributed by atoms with Crippen LogP contribution in [0.15, 0.2) is 35.7 Å². The Kier molecular flexibility index (Phi) is 5.05. The van der Waals surface area contributed by atoms with Gasteiger partial charge in [-0.25, -0.2) is 21.6 Å². The number of halogens is 2. The number of rotatable bonds is 6. The number of methoxy groups -OCH3 is 1. The van der Waals surface area contributed by atoms with Crippen LogP contribution in [0.3, 0.4) is 0 Å². The fraction of sp³-hybridized carbons (Fsp3) is 0.182. The first-order valence-corrected chi connectivity index (χ1v) is 8.41. The van der Waals surface area contributed by atoms with E-state index in [0.717, 1.165) is 16.3 Å². The maximum atomic E-state index is 13.4. The molecule has 1 rings (SSSR count). The van der Waals surface area contributed by atoms with Crippen molar-refractivity contribution < 1.29 is 35.1 Å². The van der Waals surface area contributed by atoms with E-state index in [4.69, 9.17) is 0 Å². The Morgan fingerprint density at radius 3 is 2.14 bits per heavy atom. The molecule has 0 unspecified atom stereocenters. The molecule has 0 atom stereocenters. The molecular formula is C11H11F2NO6S2. The van der Waals surface area contributed by atoms with Crippen molar-refractivity contribution in [2.45, 2.75) is 10.2 Å². The highest BCUT2D eigenvalue weighted by molar-refractivity contribution is 8.05. The lowest BCUT2D eigenvalue weighted by molar-refractivity contribution is -0.157. The molecule has 0 aliphatic carbocycles. The van der Waals surface area contributed by atoms with Crippen molar-refractivity contribution in [3.8, 4) is 0 Å². The van der Waals surface area contributed by atoms with Crippen LogP contribution in [0.2, 0.25) is 0 Å². The van der Waals surface area contributed by atoms with Crippen LogP contribution in [0, 0.1) is 0 Å². The van der Waals surface area contributed by atoms with E-state index in [0.29, 0.717) is 12.7 Å². The SMILES string of the molecule is C=Cc1ccc(S(=O)(=O)NS(=O)(=O)C(F)(F)C(=O)OC)cc1. The molecule has 11 heteroatoms. The highest BCUT2D eigenvalue weighted by Gasteiger charge is 2.56. The zero-order chi connectivity index (χ0) is 17.2. The maximum Gasteiger partial charge on any atom is 0.455 e. The van der Waals surface area contributed by atoms with Gasteiger partial charge in [0, 0.05) is 0 Å². The molecule has 0 heterocycles. The number of benzene rings is 1. The minimum absolute atomic E-state index is 0.529. The lowest BCUT2D eigenvalue weighted by atomic mass is 10.2. The van der Waals surface area contributed by atoms with E-state index in [9.17, 15) is 30.4 Å². The van der Waals surface area contributed by atoms with E-state index in [-0.39, 0.29) is 0 Å². The van der Waals surface area contributed by atoms with Crippen molar-refractivity contribution in [1.29, 1.82) is 0 Å². The van der Waals surface area contributed by atoms with Gasteiger partial charge >= 0.3 is 21.2 Å². The third kappa shape index (κ3) is 3.48. The van der Waals surface area contributed by atoms with Crippen LogP contribution in [0.4, 0.5) is 8.78 Å². The van der Waals surface area contributed by atoms with E-state index in [1.165, 1.54) is 18.2 Å². The minimum Gasteiger partial charge on any atom is -0.464 e. The summed E-state index contributed by atoms with van der Waals surface area (Å²) in [5, 5.41) is -5.06. The average Bonchev–Trinajstić information content (AvgIpc) is 2.45. The quantitative estimate of drug-likeness (QED) is 0.753. The second kappa shape index (κ2) is 6.10. The normalized spacial score (nSPS) is 12.7. The monoisotopic (exact) mass is 355 g/mol. The van der Waals surface area contributed by atoms with Crippen molar-refractivity contribution >= 4 is 32.1 Å². The molecule has 0 fully saturated rings. The highest BCUT2D eigenvalue weighted by atomic mass is 32.3. The largest absolute Gasteiger partial charge is 0.464 e. The predicted octanol–water partition coefficient (Wildman–Crippen LogP) is 0.704. The number of carbonyl (C=O) groups excluding carboxylic acids is 1. The number of esters is 1. The second-order valence-corrected chi connectivity index (χ2v) is 7.54. The zero-order valence-corrected chi connectivity index (χ0v) is 12.7. The Morgan fingerprint density at radius 2 is 1.73 bits per heavy atom. The second-order valence-electron chi connectivity index (χ2n) is 3.87. The third-order valence-electron chi connectivity index (χ3n) is 2.41. The van der Waals surface area contributed by atoms with E-state index < -0.39 is 36.2 Å². The number of hydrogen-bond acceptors (Lipinski definition) is 6. The molecule has 0 aliphatic heterocycles. The number of alkyl halides is 2. The van der Waals surface area contributed by atoms with Gasteiger partial charge in [0.15, 0.2) is 0 Å². The molecule has 122 valence electrons. The summed E-state index contributed by atoms with van der Waals surface area (Å²) in [6, 6.07) is 4.55. The first-order chi connectivity index (χ1) is 9.98. The molecule has 0 bridgehead atoms. The summed E-state index contributed by atoms with van der Waals surface area (Å²) in [5.74, 6) is -2.41. The summed E-state index contributed by atoms with van der Waals surface area (Å²) in [6.07, 6.45) is 1.39. The summed E-state index contributed by atoms with van der Waals surface area (Å²) < 4.78 is 77.6. The molecule has 22 heavy (non-hydrogen) atoms. The van der Waals surface area contributed by atoms with Crippen LogP contribution in [0.5, 0.6) is 0 Å². The molecule has 0 radical (unpaired) electrons. The summed E-state index contributed by atoms with van der Waals surface area (Å²) in [4.78, 5) is 10.2. The molecule has 0 amide bonds. The maximum absolute atomic E-state index is 13.4. The molecule has 0 saturated heterocycles. The van der Waals surface area contributed by atoms with Crippen molar-refractivity contribution in [3.05, 3.63) is 36.4 Å². The van der Waals surface area contributed by atoms with E-state index in [2.05, 4.69) is 11.3 Å². The summed E-state index contributed by atoms with van der Waals surface area (Å²) in [6.45, 7) is 3.43. The fourth-order valence-corrected chi connectivity index (χ4v) is 4.01. The van der Waals surface area contributed by atoms with E-state index in [1.54, 1.807) is 0 Å². The Balaban J connectivity index is 3.20. The topological polar surface area (TPSA) is 107 Å². The summed E-state index contributed by atoms with van der Waals surface area (Å²) in [5.41, 5.74) is 0.529. The van der Waals surface area contributed by atoms with Gasteiger partial charge in [-0.15, -0.1) is 0 Å². The number of ether oxygens (including phenoxy) is 1. The van der Waals surface area contributed by atoms with Gasteiger partial charge in [0.25, 0.3) is 10.0 Å². The van der Waals surface area contributed by atoms with Crippen LogP contribution in [0.1, 0.15) is 5.56 Å². The minimum atomic E-state index is -5.86. The van der Waals surface area contributed by atoms with Gasteiger partial charge < -0.3 is 4.74 Å². The summed E-state index contributed by atoms with van der Waals surface area (Å²) >= 11 is 0. The van der Waals surface area contributed by atoms with Gasteiger partial charge in [0.2, 0.25) is 0 Å². The lowest BCUT2D eigenvalue weighted by Crippen LogP contribution is -2.47. The molecule has 0 aliphatic rings. The smallest absolute Gasteiger partial charge is 0.455 e. The molecule has 7 nitrogen and oxygen atoms in total. The first kappa shape index (κ1) is 18.2. The number of nitrogens with one attached hydrogen (secondary N) is 1. The van der Waals surface area contributed by atoms with Crippen molar-refractivity contribution in [1.82, 2.24) is 4.13 Å². The molecule has 0 spiro atoms. The van der Waals surface area contributed by atoms with Crippen LogP contribution >= 0.6 is 0 Å². The molecule has 1 aromatic carbocycles. The molecule has 1 N–H and O–H groups in total. The van der Waals surface area contributed by atoms with Gasteiger partial charge in [0.05, 0.1) is 12.0 Å². The van der Waals surface area contributed by atoms with Crippen molar-refractivity contribution in [2.24, 2.45) is 0 Å². The molecule has 1 aromatic rings. The molecule has 0 aromatic heterocycles. The first-order valence-electron chi connectivity index (χ1n) is 5.45. The van der Waals surface area contributed by atoms with Gasteiger partial charge in [-0.1, -0.05) is 28.9 Å². The number of hydrogen-bond donors (Lipinski definition) is 1. The van der Waals surface area contributed by atoms with Gasteiger partial charge in [-0.05, 0) is 17.7 Å². The van der Waals surface area contributed by atoms with E-state index in [1.807, 2.05) is 0 Å². The highest BCUT2D eigenvalue weighted by Crippen LogP contribution is 2.24. The fourth-order valence-electron chi connectivity index (χ4n) is 1.26. The Bertz CT molecular complexity index is 784. The van der Waals surface area contributed by atoms with Crippen LogP contribution < -0.4 is 4.13 Å². The van der Waals surface area contributed by atoms with Gasteiger partial charge in [-0.2, -0.15) is 8.78 Å². The van der Waals surface area contributed by atoms with Gasteiger partial charge in [0.1, 0.15) is 0 Å². The Hall–Kier alpha value is -1.85. The van der Waals surface area contributed by atoms with Crippen molar-refractivity contribution in [3.63, 3.8) is 0 Å². The van der Waals surface area contributed by atoms with Crippen molar-refractivity contribution in [2.75, 3.05) is 7.11 Å². The van der Waals surface area contributed by atoms with Crippen LogP contribution in [0.25, 0.3) is 6.08 Å². The van der Waals surface area contributed by atoms with Crippen LogP contribution in [-0.2, 0) is 29.6 Å². The Morgan fingerprint density at radius 1 is 1.23 bits per heavy atom. The lowest BCUT2D eigenvalue weighted by Gasteiger charge is -2.15. The van der Waals surface area contributed by atoms with E-state index >= 15 is 0 Å². The van der Waals surface area contributed by atoms with Gasteiger partial charge in [-0.3, -0.25) is 0 Å².